The fourth-order valence-corrected chi connectivity index (χ4v) is 1.92. The van der Waals surface area contributed by atoms with E-state index < -0.39 is 6.04 Å². The smallest absolute Gasteiger partial charge is 0.127 e. The fraction of sp³-hybridized carbons (Fsp3) is 0.400. The van der Waals surface area contributed by atoms with Gasteiger partial charge in [0, 0.05) is 17.0 Å². The summed E-state index contributed by atoms with van der Waals surface area (Å²) in [7, 11) is 0. The molecule has 0 bridgehead atoms. The Morgan fingerprint density at radius 1 is 1.57 bits per heavy atom. The molecule has 1 unspecified atom stereocenters. The molecule has 0 aromatic heterocycles. The van der Waals surface area contributed by atoms with Gasteiger partial charge in [0.2, 0.25) is 0 Å². The van der Waals surface area contributed by atoms with E-state index in [2.05, 4.69) is 0 Å². The summed E-state index contributed by atoms with van der Waals surface area (Å²) in [5.41, 5.74) is 7.63. The van der Waals surface area contributed by atoms with E-state index in [9.17, 15) is 0 Å². The summed E-state index contributed by atoms with van der Waals surface area (Å²) in [5, 5.41) is 9.63. The van der Waals surface area contributed by atoms with E-state index in [1.54, 1.807) is 6.07 Å². The van der Waals surface area contributed by atoms with Crippen molar-refractivity contribution in [1.82, 2.24) is 0 Å². The third-order valence-electron chi connectivity index (χ3n) is 2.37. The lowest BCUT2D eigenvalue weighted by Gasteiger charge is -2.13. The molecule has 0 fully saturated rings. The van der Waals surface area contributed by atoms with Crippen LogP contribution >= 0.6 is 11.6 Å². The van der Waals surface area contributed by atoms with Crippen molar-refractivity contribution in [2.75, 3.05) is 13.2 Å². The van der Waals surface area contributed by atoms with Crippen LogP contribution in [-0.4, -0.2) is 18.3 Å². The molecular weight excluding hydrogens is 202 g/mol. The molecule has 0 radical (unpaired) electrons. The molecule has 1 aromatic rings. The first-order valence-corrected chi connectivity index (χ1v) is 4.91. The zero-order valence-corrected chi connectivity index (χ0v) is 8.42. The summed E-state index contributed by atoms with van der Waals surface area (Å²) in [6, 6.07) is 3.23. The normalized spacial score (nSPS) is 16.2. The minimum absolute atomic E-state index is 0.101. The predicted octanol–water partition coefficient (Wildman–Crippen LogP) is 1.27. The van der Waals surface area contributed by atoms with Gasteiger partial charge in [0.15, 0.2) is 0 Å². The third kappa shape index (κ3) is 1.59. The van der Waals surface area contributed by atoms with E-state index in [0.29, 0.717) is 11.6 Å². The van der Waals surface area contributed by atoms with Crippen molar-refractivity contribution in [2.24, 2.45) is 5.73 Å². The summed E-state index contributed by atoms with van der Waals surface area (Å²) in [4.78, 5) is 0. The quantitative estimate of drug-likeness (QED) is 0.778. The molecule has 4 heteroatoms. The molecule has 0 amide bonds. The van der Waals surface area contributed by atoms with E-state index in [0.717, 1.165) is 23.3 Å². The molecule has 3 nitrogen and oxygen atoms in total. The molecule has 1 atom stereocenters. The molecule has 1 aliphatic heterocycles. The lowest BCUT2D eigenvalue weighted by atomic mass is 10.0. The number of benzene rings is 1. The van der Waals surface area contributed by atoms with E-state index in [-0.39, 0.29) is 6.61 Å². The number of fused-ring (bicyclic) bond motifs is 1. The molecule has 1 aromatic carbocycles. The van der Waals surface area contributed by atoms with E-state index in [4.69, 9.17) is 27.2 Å². The summed E-state index contributed by atoms with van der Waals surface area (Å²) in [6.07, 6.45) is 0.862. The minimum atomic E-state index is -0.416. The highest BCUT2D eigenvalue weighted by atomic mass is 35.5. The van der Waals surface area contributed by atoms with Gasteiger partial charge in [0.25, 0.3) is 0 Å². The Morgan fingerprint density at radius 2 is 2.36 bits per heavy atom. The van der Waals surface area contributed by atoms with E-state index in [1.165, 1.54) is 0 Å². The Hall–Kier alpha value is -0.770. The van der Waals surface area contributed by atoms with Crippen molar-refractivity contribution in [3.8, 4) is 5.75 Å². The number of rotatable bonds is 2. The SMILES string of the molecule is NC(CO)c1cc(Cl)cc2c1OCC2. The van der Waals surface area contributed by atoms with Gasteiger partial charge in [0.05, 0.1) is 19.3 Å². The van der Waals surface area contributed by atoms with Gasteiger partial charge in [-0.05, 0) is 17.7 Å². The van der Waals surface area contributed by atoms with Crippen LogP contribution in [0.4, 0.5) is 0 Å². The van der Waals surface area contributed by atoms with Crippen LogP contribution < -0.4 is 10.5 Å². The Balaban J connectivity index is 2.48. The van der Waals surface area contributed by atoms with Gasteiger partial charge < -0.3 is 15.6 Å². The van der Waals surface area contributed by atoms with Crippen molar-refractivity contribution < 1.29 is 9.84 Å². The van der Waals surface area contributed by atoms with Gasteiger partial charge in [-0.15, -0.1) is 0 Å². The predicted molar refractivity (Wildman–Crippen MR) is 54.7 cm³/mol. The number of hydrogen-bond acceptors (Lipinski definition) is 3. The standard InChI is InChI=1S/C10H12ClNO2/c11-7-3-6-1-2-14-10(6)8(4-7)9(12)5-13/h3-4,9,13H,1-2,5,12H2. The van der Waals surface area contributed by atoms with Crippen LogP contribution in [0.15, 0.2) is 12.1 Å². The number of halogens is 1. The van der Waals surface area contributed by atoms with Crippen LogP contribution in [0.1, 0.15) is 17.2 Å². The minimum Gasteiger partial charge on any atom is -0.493 e. The molecular formula is C10H12ClNO2. The maximum atomic E-state index is 8.99. The monoisotopic (exact) mass is 213 g/mol. The Kier molecular flexibility index (Phi) is 2.63. The highest BCUT2D eigenvalue weighted by Gasteiger charge is 2.20. The van der Waals surface area contributed by atoms with E-state index in [1.807, 2.05) is 6.07 Å². The van der Waals surface area contributed by atoms with Crippen molar-refractivity contribution in [1.29, 1.82) is 0 Å². The topological polar surface area (TPSA) is 55.5 Å². The first-order valence-electron chi connectivity index (χ1n) is 4.54. The van der Waals surface area contributed by atoms with Gasteiger partial charge in [-0.1, -0.05) is 11.6 Å². The first-order chi connectivity index (χ1) is 6.72. The van der Waals surface area contributed by atoms with Gasteiger partial charge in [-0.25, -0.2) is 0 Å². The van der Waals surface area contributed by atoms with Crippen LogP contribution in [0.3, 0.4) is 0 Å². The maximum absolute atomic E-state index is 8.99. The molecule has 14 heavy (non-hydrogen) atoms. The number of aliphatic hydroxyl groups excluding tert-OH is 1. The second kappa shape index (κ2) is 3.77. The molecule has 2 rings (SSSR count). The van der Waals surface area contributed by atoms with Crippen molar-refractivity contribution in [2.45, 2.75) is 12.5 Å². The van der Waals surface area contributed by atoms with Crippen LogP contribution in [0.5, 0.6) is 5.75 Å². The molecule has 0 saturated carbocycles. The van der Waals surface area contributed by atoms with Crippen molar-refractivity contribution in [3.05, 3.63) is 28.3 Å². The largest absolute Gasteiger partial charge is 0.493 e. The zero-order chi connectivity index (χ0) is 10.1. The van der Waals surface area contributed by atoms with Crippen LogP contribution in [-0.2, 0) is 6.42 Å². The third-order valence-corrected chi connectivity index (χ3v) is 2.59. The highest BCUT2D eigenvalue weighted by molar-refractivity contribution is 6.30. The number of ether oxygens (including phenoxy) is 1. The number of nitrogens with two attached hydrogens (primary N) is 1. The molecule has 0 saturated heterocycles. The molecule has 76 valence electrons. The second-order valence-electron chi connectivity index (χ2n) is 3.37. The average molecular weight is 214 g/mol. The zero-order valence-electron chi connectivity index (χ0n) is 7.66. The molecule has 0 spiro atoms. The van der Waals surface area contributed by atoms with Gasteiger partial charge in [0.1, 0.15) is 5.75 Å². The van der Waals surface area contributed by atoms with Crippen molar-refractivity contribution in [3.63, 3.8) is 0 Å². The fourth-order valence-electron chi connectivity index (χ4n) is 1.67. The lowest BCUT2D eigenvalue weighted by Crippen LogP contribution is -2.15. The molecule has 3 N–H and O–H groups in total. The summed E-state index contributed by atoms with van der Waals surface area (Å²) >= 11 is 5.94. The van der Waals surface area contributed by atoms with Gasteiger partial charge >= 0.3 is 0 Å². The average Bonchev–Trinajstić information content (AvgIpc) is 2.62. The van der Waals surface area contributed by atoms with Crippen molar-refractivity contribution >= 4 is 11.6 Å². The Labute approximate surface area is 87.4 Å². The second-order valence-corrected chi connectivity index (χ2v) is 3.81. The number of aliphatic hydroxyl groups is 1. The summed E-state index contributed by atoms with van der Waals surface area (Å²) in [6.45, 7) is 0.566. The molecule has 1 aliphatic rings. The van der Waals surface area contributed by atoms with Gasteiger partial charge in [-0.3, -0.25) is 0 Å². The lowest BCUT2D eigenvalue weighted by molar-refractivity contribution is 0.263. The molecule has 0 aliphatic carbocycles. The summed E-state index contributed by atoms with van der Waals surface area (Å²) < 4.78 is 5.46. The Bertz CT molecular complexity index is 354. The van der Waals surface area contributed by atoms with Crippen LogP contribution in [0.25, 0.3) is 0 Å². The van der Waals surface area contributed by atoms with Crippen LogP contribution in [0, 0.1) is 0 Å². The molecule has 1 heterocycles. The Morgan fingerprint density at radius 3 is 3.07 bits per heavy atom. The highest BCUT2D eigenvalue weighted by Crippen LogP contribution is 2.35. The maximum Gasteiger partial charge on any atom is 0.127 e. The van der Waals surface area contributed by atoms with E-state index >= 15 is 0 Å². The summed E-state index contributed by atoms with van der Waals surface area (Å²) in [5.74, 6) is 0.802. The van der Waals surface area contributed by atoms with Crippen LogP contribution in [0.2, 0.25) is 5.02 Å². The number of hydrogen-bond donors (Lipinski definition) is 2. The first kappa shape index (κ1) is 9.77. The van der Waals surface area contributed by atoms with Gasteiger partial charge in [-0.2, -0.15) is 0 Å².